The van der Waals surface area contributed by atoms with Gasteiger partial charge in [0, 0.05) is 18.3 Å². The highest BCUT2D eigenvalue weighted by atomic mass is 35.5. The lowest BCUT2D eigenvalue weighted by Gasteiger charge is -2.25. The minimum Gasteiger partial charge on any atom is -0.337 e. The molecule has 0 aliphatic rings. The number of likely N-dealkylation sites (N-methyl/N-ethyl adjacent to an activating group) is 1. The van der Waals surface area contributed by atoms with Crippen molar-refractivity contribution in [2.24, 2.45) is 0 Å². The molecule has 0 bridgehead atoms. The molecule has 0 saturated heterocycles. The maximum absolute atomic E-state index is 12.5. The van der Waals surface area contributed by atoms with Crippen molar-refractivity contribution in [1.82, 2.24) is 14.7 Å². The molecule has 23 heavy (non-hydrogen) atoms. The fourth-order valence-electron chi connectivity index (χ4n) is 2.03. The molecule has 1 aromatic heterocycles. The first-order chi connectivity index (χ1) is 10.7. The van der Waals surface area contributed by atoms with E-state index in [4.69, 9.17) is 11.6 Å². The molecule has 0 aliphatic heterocycles. The number of halogens is 4. The van der Waals surface area contributed by atoms with Crippen LogP contribution in [-0.4, -0.2) is 27.6 Å². The van der Waals surface area contributed by atoms with E-state index in [1.54, 1.807) is 31.3 Å². The third-order valence-corrected chi connectivity index (χ3v) is 3.81. The maximum atomic E-state index is 12.5. The molecule has 1 aromatic carbocycles. The summed E-state index contributed by atoms with van der Waals surface area (Å²) in [6.07, 6.45) is -3.38. The van der Waals surface area contributed by atoms with E-state index in [1.807, 2.05) is 6.92 Å². The number of hydrogen-bond donors (Lipinski definition) is 0. The lowest BCUT2D eigenvalue weighted by molar-refractivity contribution is -0.142. The van der Waals surface area contributed by atoms with Crippen LogP contribution in [-0.2, 0) is 17.5 Å². The summed E-state index contributed by atoms with van der Waals surface area (Å²) in [5.41, 5.74) is -0.139. The Hall–Kier alpha value is -2.02. The van der Waals surface area contributed by atoms with Gasteiger partial charge in [-0.3, -0.25) is 9.48 Å². The average molecular weight is 346 g/mol. The predicted molar refractivity (Wildman–Crippen MR) is 79.9 cm³/mol. The summed E-state index contributed by atoms with van der Waals surface area (Å²) in [6.45, 7) is 1.57. The first-order valence-electron chi connectivity index (χ1n) is 6.80. The largest absolute Gasteiger partial charge is 0.435 e. The minimum absolute atomic E-state index is 0.239. The normalized spacial score (nSPS) is 13.0. The van der Waals surface area contributed by atoms with Crippen molar-refractivity contribution in [1.29, 1.82) is 0 Å². The number of benzene rings is 1. The van der Waals surface area contributed by atoms with Gasteiger partial charge >= 0.3 is 6.18 Å². The molecule has 0 fully saturated rings. The maximum Gasteiger partial charge on any atom is 0.435 e. The molecule has 8 heteroatoms. The number of aromatic nitrogens is 2. The van der Waals surface area contributed by atoms with Crippen molar-refractivity contribution >= 4 is 17.5 Å². The lowest BCUT2D eigenvalue weighted by Crippen LogP contribution is -2.32. The van der Waals surface area contributed by atoms with E-state index in [-0.39, 0.29) is 18.5 Å². The summed E-state index contributed by atoms with van der Waals surface area (Å²) in [6, 6.07) is 7.63. The number of hydrogen-bond acceptors (Lipinski definition) is 2. The second kappa shape index (κ2) is 6.62. The van der Waals surface area contributed by atoms with Gasteiger partial charge in [-0.25, -0.2) is 0 Å². The zero-order valence-electron chi connectivity index (χ0n) is 12.5. The van der Waals surface area contributed by atoms with Crippen LogP contribution in [0, 0.1) is 0 Å². The van der Waals surface area contributed by atoms with Crippen molar-refractivity contribution in [3.05, 3.63) is 52.8 Å². The number of carbonyl (C=O) groups excluding carboxylic acids is 1. The van der Waals surface area contributed by atoms with E-state index in [1.165, 1.54) is 4.90 Å². The quantitative estimate of drug-likeness (QED) is 0.846. The Balaban J connectivity index is 2.05. The van der Waals surface area contributed by atoms with Gasteiger partial charge in [0.1, 0.15) is 6.54 Å². The summed E-state index contributed by atoms with van der Waals surface area (Å²) in [5, 5.41) is 3.96. The first kappa shape index (κ1) is 17.3. The van der Waals surface area contributed by atoms with Crippen LogP contribution in [0.5, 0.6) is 0 Å². The Kier molecular flexibility index (Phi) is 4.99. The second-order valence-corrected chi connectivity index (χ2v) is 5.56. The second-order valence-electron chi connectivity index (χ2n) is 5.13. The van der Waals surface area contributed by atoms with Crippen LogP contribution < -0.4 is 0 Å². The van der Waals surface area contributed by atoms with Gasteiger partial charge in [-0.05, 0) is 30.7 Å². The van der Waals surface area contributed by atoms with Crippen molar-refractivity contribution < 1.29 is 18.0 Å². The Morgan fingerprint density at radius 2 is 1.91 bits per heavy atom. The topological polar surface area (TPSA) is 38.1 Å². The molecule has 1 unspecified atom stereocenters. The Bertz CT molecular complexity index is 682. The van der Waals surface area contributed by atoms with Gasteiger partial charge in [-0.1, -0.05) is 23.7 Å². The van der Waals surface area contributed by atoms with Gasteiger partial charge in [0.15, 0.2) is 5.69 Å². The lowest BCUT2D eigenvalue weighted by atomic mass is 10.1. The number of amides is 1. The SMILES string of the molecule is CC(c1ccc(Cl)cc1)N(C)C(=O)Cn1ccc(C(F)(F)F)n1. The van der Waals surface area contributed by atoms with Crippen molar-refractivity contribution in [3.63, 3.8) is 0 Å². The van der Waals surface area contributed by atoms with E-state index in [9.17, 15) is 18.0 Å². The van der Waals surface area contributed by atoms with Gasteiger partial charge in [0.05, 0.1) is 6.04 Å². The zero-order chi connectivity index (χ0) is 17.2. The van der Waals surface area contributed by atoms with Gasteiger partial charge in [-0.15, -0.1) is 0 Å². The molecule has 1 atom stereocenters. The van der Waals surface area contributed by atoms with E-state index in [0.29, 0.717) is 5.02 Å². The molecule has 0 radical (unpaired) electrons. The van der Waals surface area contributed by atoms with E-state index in [0.717, 1.165) is 22.5 Å². The van der Waals surface area contributed by atoms with Gasteiger partial charge in [0.25, 0.3) is 0 Å². The highest BCUT2D eigenvalue weighted by Gasteiger charge is 2.33. The number of alkyl halides is 3. The third-order valence-electron chi connectivity index (χ3n) is 3.56. The average Bonchev–Trinajstić information content (AvgIpc) is 2.95. The molecule has 0 spiro atoms. The molecular weight excluding hydrogens is 331 g/mol. The van der Waals surface area contributed by atoms with Crippen LogP contribution in [0.4, 0.5) is 13.2 Å². The van der Waals surface area contributed by atoms with Crippen molar-refractivity contribution in [2.75, 3.05) is 7.05 Å². The van der Waals surface area contributed by atoms with Crippen LogP contribution in [0.3, 0.4) is 0 Å². The molecule has 0 aliphatic carbocycles. The van der Waals surface area contributed by atoms with Crippen LogP contribution in [0.2, 0.25) is 5.02 Å². The van der Waals surface area contributed by atoms with Crippen LogP contribution in [0.1, 0.15) is 24.2 Å². The van der Waals surface area contributed by atoms with Crippen LogP contribution in [0.25, 0.3) is 0 Å². The van der Waals surface area contributed by atoms with Crippen molar-refractivity contribution in [2.45, 2.75) is 25.7 Å². The molecule has 124 valence electrons. The highest BCUT2D eigenvalue weighted by Crippen LogP contribution is 2.27. The van der Waals surface area contributed by atoms with Gasteiger partial charge < -0.3 is 4.90 Å². The summed E-state index contributed by atoms with van der Waals surface area (Å²) >= 11 is 5.82. The molecule has 2 rings (SSSR count). The molecule has 2 aromatic rings. The minimum atomic E-state index is -4.52. The summed E-state index contributed by atoms with van der Waals surface area (Å²) in [4.78, 5) is 13.7. The molecule has 1 heterocycles. The standard InChI is InChI=1S/C15H15ClF3N3O/c1-10(11-3-5-12(16)6-4-11)21(2)14(23)9-22-8-7-13(20-22)15(17,18)19/h3-8,10H,9H2,1-2H3. The molecule has 0 N–H and O–H groups in total. The summed E-state index contributed by atoms with van der Waals surface area (Å²) < 4.78 is 38.5. The molecule has 1 amide bonds. The van der Waals surface area contributed by atoms with Gasteiger partial charge in [0.2, 0.25) is 5.91 Å². The molecule has 4 nitrogen and oxygen atoms in total. The molecular formula is C15H15ClF3N3O. The first-order valence-corrected chi connectivity index (χ1v) is 7.18. The van der Waals surface area contributed by atoms with E-state index >= 15 is 0 Å². The Morgan fingerprint density at radius 3 is 2.43 bits per heavy atom. The summed E-state index contributed by atoms with van der Waals surface area (Å²) in [7, 11) is 1.59. The summed E-state index contributed by atoms with van der Waals surface area (Å²) in [5.74, 6) is -0.343. The number of rotatable bonds is 4. The smallest absolute Gasteiger partial charge is 0.337 e. The highest BCUT2D eigenvalue weighted by molar-refractivity contribution is 6.30. The number of carbonyl (C=O) groups is 1. The van der Waals surface area contributed by atoms with Crippen molar-refractivity contribution in [3.8, 4) is 0 Å². The van der Waals surface area contributed by atoms with Crippen LogP contribution in [0.15, 0.2) is 36.5 Å². The van der Waals surface area contributed by atoms with E-state index < -0.39 is 11.9 Å². The van der Waals surface area contributed by atoms with E-state index in [2.05, 4.69) is 5.10 Å². The fourth-order valence-corrected chi connectivity index (χ4v) is 2.16. The predicted octanol–water partition coefficient (Wildman–Crippen LogP) is 3.77. The van der Waals surface area contributed by atoms with Gasteiger partial charge in [-0.2, -0.15) is 18.3 Å². The number of nitrogens with zero attached hydrogens (tertiary/aromatic N) is 3. The third kappa shape index (κ3) is 4.25. The molecule has 0 saturated carbocycles. The fraction of sp³-hybridized carbons (Fsp3) is 0.333. The zero-order valence-corrected chi connectivity index (χ0v) is 13.3. The Morgan fingerprint density at radius 1 is 1.30 bits per heavy atom. The van der Waals surface area contributed by atoms with Crippen LogP contribution >= 0.6 is 11.6 Å². The Labute approximate surface area is 136 Å². The monoisotopic (exact) mass is 345 g/mol.